The van der Waals surface area contributed by atoms with Crippen molar-refractivity contribution in [3.05, 3.63) is 80.8 Å². The lowest BCUT2D eigenvalue weighted by Crippen LogP contribution is -2.26. The molecule has 4 nitrogen and oxygen atoms in total. The van der Waals surface area contributed by atoms with Crippen LogP contribution >= 0.6 is 34.8 Å². The van der Waals surface area contributed by atoms with Crippen LogP contribution in [0.1, 0.15) is 30.1 Å². The minimum absolute atomic E-state index is 0.0341. The molecule has 1 heterocycles. The first-order valence-electron chi connectivity index (χ1n) is 10.7. The Morgan fingerprint density at radius 1 is 1.00 bits per heavy atom. The molecule has 172 valence electrons. The van der Waals surface area contributed by atoms with Crippen LogP contribution in [0.25, 0.3) is 22.3 Å². The number of carbonyl (C=O) groups is 1. The zero-order valence-corrected chi connectivity index (χ0v) is 20.4. The molecule has 0 radical (unpaired) electrons. The Balaban J connectivity index is 1.68. The summed E-state index contributed by atoms with van der Waals surface area (Å²) in [6.45, 7) is 1.26. The third-order valence-corrected chi connectivity index (χ3v) is 6.67. The Bertz CT molecular complexity index is 1160. The third-order valence-electron chi connectivity index (χ3n) is 5.85. The lowest BCUT2D eigenvalue weighted by Gasteiger charge is -2.18. The Kier molecular flexibility index (Phi) is 7.62. The Hall–Kier alpha value is -2.08. The number of rotatable bonds is 8. The Morgan fingerprint density at radius 3 is 2.45 bits per heavy atom. The molecule has 0 saturated carbocycles. The van der Waals surface area contributed by atoms with Gasteiger partial charge in [-0.3, -0.25) is 9.69 Å². The van der Waals surface area contributed by atoms with Crippen molar-refractivity contribution in [1.29, 1.82) is 0 Å². The lowest BCUT2D eigenvalue weighted by atomic mass is 9.89. The topological polar surface area (TPSA) is 49.8 Å². The SMILES string of the molecule is CN(CCCC1OCc2cc(-c3cc(Cl)ccc3Cl)c(-c3ccc(Cl)cc3)cc21)CC(=O)O. The number of fused-ring (bicyclic) bond motifs is 1. The van der Waals surface area contributed by atoms with E-state index in [0.717, 1.165) is 46.2 Å². The van der Waals surface area contributed by atoms with E-state index in [1.807, 2.05) is 48.3 Å². The molecule has 1 N–H and O–H groups in total. The summed E-state index contributed by atoms with van der Waals surface area (Å²) in [7, 11) is 1.82. The molecule has 1 aliphatic rings. The quantitative estimate of drug-likeness (QED) is 0.348. The molecule has 3 aromatic carbocycles. The molecule has 0 bridgehead atoms. The number of hydrogen-bond acceptors (Lipinski definition) is 3. The monoisotopic (exact) mass is 503 g/mol. The molecule has 1 aliphatic heterocycles. The van der Waals surface area contributed by atoms with Crippen LogP contribution < -0.4 is 0 Å². The third kappa shape index (κ3) is 5.71. The van der Waals surface area contributed by atoms with E-state index in [9.17, 15) is 4.79 Å². The molecular formula is C26H24Cl3NO3. The second kappa shape index (κ2) is 10.5. The van der Waals surface area contributed by atoms with Gasteiger partial charge in [0.1, 0.15) is 0 Å². The highest BCUT2D eigenvalue weighted by Gasteiger charge is 2.26. The highest BCUT2D eigenvalue weighted by Crippen LogP contribution is 2.44. The smallest absolute Gasteiger partial charge is 0.317 e. The average molecular weight is 505 g/mol. The molecular weight excluding hydrogens is 481 g/mol. The van der Waals surface area contributed by atoms with E-state index in [0.29, 0.717) is 28.2 Å². The Labute approximate surface area is 208 Å². The van der Waals surface area contributed by atoms with Gasteiger partial charge in [0.2, 0.25) is 0 Å². The summed E-state index contributed by atoms with van der Waals surface area (Å²) in [5, 5.41) is 10.9. The van der Waals surface area contributed by atoms with Crippen molar-refractivity contribution >= 4 is 40.8 Å². The molecule has 33 heavy (non-hydrogen) atoms. The molecule has 7 heteroatoms. The van der Waals surface area contributed by atoms with Gasteiger partial charge >= 0.3 is 5.97 Å². The summed E-state index contributed by atoms with van der Waals surface area (Å²) in [4.78, 5) is 12.7. The molecule has 1 unspecified atom stereocenters. The number of carboxylic acids is 1. The largest absolute Gasteiger partial charge is 0.480 e. The fraction of sp³-hybridized carbons (Fsp3) is 0.269. The molecule has 0 aromatic heterocycles. The second-order valence-corrected chi connectivity index (χ2v) is 9.58. The van der Waals surface area contributed by atoms with Gasteiger partial charge in [0.15, 0.2) is 0 Å². The minimum Gasteiger partial charge on any atom is -0.480 e. The van der Waals surface area contributed by atoms with Crippen LogP contribution in [0, 0.1) is 0 Å². The van der Waals surface area contributed by atoms with Gasteiger partial charge in [-0.2, -0.15) is 0 Å². The van der Waals surface area contributed by atoms with Gasteiger partial charge in [-0.15, -0.1) is 0 Å². The fourth-order valence-electron chi connectivity index (χ4n) is 4.26. The van der Waals surface area contributed by atoms with Gasteiger partial charge < -0.3 is 9.84 Å². The normalized spacial score (nSPS) is 15.1. The summed E-state index contributed by atoms with van der Waals surface area (Å²) in [6, 6.07) is 17.6. The van der Waals surface area contributed by atoms with E-state index in [1.165, 1.54) is 0 Å². The Morgan fingerprint density at radius 2 is 1.73 bits per heavy atom. The zero-order chi connectivity index (χ0) is 23.5. The number of nitrogens with zero attached hydrogens (tertiary/aromatic N) is 1. The van der Waals surface area contributed by atoms with Crippen molar-refractivity contribution in [3.63, 3.8) is 0 Å². The molecule has 0 fully saturated rings. The van der Waals surface area contributed by atoms with Gasteiger partial charge in [-0.05, 0) is 96.7 Å². The van der Waals surface area contributed by atoms with Crippen molar-refractivity contribution < 1.29 is 14.6 Å². The highest BCUT2D eigenvalue weighted by atomic mass is 35.5. The number of aliphatic carboxylic acids is 1. The highest BCUT2D eigenvalue weighted by molar-refractivity contribution is 6.35. The van der Waals surface area contributed by atoms with Crippen LogP contribution in [0.3, 0.4) is 0 Å². The number of benzene rings is 3. The zero-order valence-electron chi connectivity index (χ0n) is 18.2. The van der Waals surface area contributed by atoms with Crippen molar-refractivity contribution in [1.82, 2.24) is 4.90 Å². The van der Waals surface area contributed by atoms with Gasteiger partial charge in [0.05, 0.1) is 19.3 Å². The molecule has 3 aromatic rings. The predicted molar refractivity (Wildman–Crippen MR) is 134 cm³/mol. The summed E-state index contributed by atoms with van der Waals surface area (Å²) in [6.07, 6.45) is 1.62. The summed E-state index contributed by atoms with van der Waals surface area (Å²) >= 11 is 19.0. The minimum atomic E-state index is -0.820. The molecule has 0 spiro atoms. The van der Waals surface area contributed by atoms with E-state index >= 15 is 0 Å². The molecule has 1 atom stereocenters. The van der Waals surface area contributed by atoms with Crippen LogP contribution in [0.2, 0.25) is 15.1 Å². The standard InChI is InChI=1S/C26H24Cl3NO3/c1-30(14-26(31)32)10-2-3-25-21-13-20(16-4-6-18(27)7-5-16)22(11-17(21)15-33-25)23-12-19(28)8-9-24(23)29/h4-9,11-13,25H,2-3,10,14-15H2,1H3,(H,31,32). The summed E-state index contributed by atoms with van der Waals surface area (Å²) < 4.78 is 6.13. The molecule has 0 saturated heterocycles. The molecule has 0 aliphatic carbocycles. The van der Waals surface area contributed by atoms with Gasteiger partial charge in [0, 0.05) is 20.6 Å². The fourth-order valence-corrected chi connectivity index (χ4v) is 4.77. The van der Waals surface area contributed by atoms with Crippen LogP contribution in [-0.4, -0.2) is 36.1 Å². The van der Waals surface area contributed by atoms with Crippen LogP contribution in [0.5, 0.6) is 0 Å². The van der Waals surface area contributed by atoms with Crippen molar-refractivity contribution in [2.45, 2.75) is 25.6 Å². The first-order chi connectivity index (χ1) is 15.8. The average Bonchev–Trinajstić information content (AvgIpc) is 3.16. The number of ether oxygens (including phenoxy) is 1. The number of hydrogen-bond donors (Lipinski definition) is 1. The van der Waals surface area contributed by atoms with Crippen molar-refractivity contribution in [2.75, 3.05) is 20.1 Å². The van der Waals surface area contributed by atoms with Crippen molar-refractivity contribution in [2.24, 2.45) is 0 Å². The maximum Gasteiger partial charge on any atom is 0.317 e. The number of halogens is 3. The van der Waals surface area contributed by atoms with Crippen LogP contribution in [0.15, 0.2) is 54.6 Å². The number of carboxylic acid groups (broad SMARTS) is 1. The summed E-state index contributed by atoms with van der Waals surface area (Å²) in [5.74, 6) is -0.820. The van der Waals surface area contributed by atoms with Crippen LogP contribution in [0.4, 0.5) is 0 Å². The van der Waals surface area contributed by atoms with E-state index in [1.54, 1.807) is 6.07 Å². The molecule has 0 amide bonds. The van der Waals surface area contributed by atoms with E-state index in [2.05, 4.69) is 12.1 Å². The summed E-state index contributed by atoms with van der Waals surface area (Å²) in [5.41, 5.74) is 6.21. The second-order valence-electron chi connectivity index (χ2n) is 8.30. The first-order valence-corrected chi connectivity index (χ1v) is 11.9. The van der Waals surface area contributed by atoms with Crippen LogP contribution in [-0.2, 0) is 16.1 Å². The predicted octanol–water partition coefficient (Wildman–Crippen LogP) is 7.35. The first kappa shape index (κ1) is 24.1. The lowest BCUT2D eigenvalue weighted by molar-refractivity contribution is -0.138. The van der Waals surface area contributed by atoms with Gasteiger partial charge in [-0.25, -0.2) is 0 Å². The van der Waals surface area contributed by atoms with Gasteiger partial charge in [-0.1, -0.05) is 46.9 Å². The van der Waals surface area contributed by atoms with Gasteiger partial charge in [0.25, 0.3) is 0 Å². The van der Waals surface area contributed by atoms with Crippen molar-refractivity contribution in [3.8, 4) is 22.3 Å². The van der Waals surface area contributed by atoms with E-state index < -0.39 is 5.97 Å². The number of likely N-dealkylation sites (N-methyl/N-ethyl adjacent to an activating group) is 1. The maximum absolute atomic E-state index is 10.9. The maximum atomic E-state index is 10.9. The molecule has 4 rings (SSSR count). The van der Waals surface area contributed by atoms with E-state index in [4.69, 9.17) is 44.6 Å². The van der Waals surface area contributed by atoms with E-state index in [-0.39, 0.29) is 12.6 Å².